The summed E-state index contributed by atoms with van der Waals surface area (Å²) < 4.78 is 126. The zero-order chi connectivity index (χ0) is 23.8. The molecule has 3 unspecified atom stereocenters. The van der Waals surface area contributed by atoms with Crippen LogP contribution in [-0.2, 0) is 23.3 Å². The van der Waals surface area contributed by atoms with Crippen LogP contribution in [0, 0.1) is 17.2 Å². The molecule has 0 aliphatic rings. The van der Waals surface area contributed by atoms with Crippen molar-refractivity contribution in [1.29, 1.82) is 5.26 Å². The summed E-state index contributed by atoms with van der Waals surface area (Å²) in [5, 5.41) is 19.7. The number of aliphatic hydroxyl groups excluding tert-OH is 1. The first-order valence-corrected chi connectivity index (χ1v) is 8.02. The molecule has 1 heterocycles. The van der Waals surface area contributed by atoms with Gasteiger partial charge in [-0.1, -0.05) is 0 Å². The SMILES string of the molecule is COC(c1nc(C(F)(F)F)co1)C(C#N)C(O)c1cc(C(F)(F)F)cc(C(F)(F)F)c1. The van der Waals surface area contributed by atoms with E-state index in [1.54, 1.807) is 0 Å². The van der Waals surface area contributed by atoms with E-state index in [0.29, 0.717) is 0 Å². The van der Waals surface area contributed by atoms with E-state index < -0.39 is 64.9 Å². The van der Waals surface area contributed by atoms with Crippen molar-refractivity contribution in [1.82, 2.24) is 4.98 Å². The third kappa shape index (κ3) is 5.47. The summed E-state index contributed by atoms with van der Waals surface area (Å²) in [7, 11) is 0.868. The third-order valence-electron chi connectivity index (χ3n) is 4.08. The Morgan fingerprint density at radius 3 is 1.84 bits per heavy atom. The van der Waals surface area contributed by atoms with Crippen molar-refractivity contribution in [2.24, 2.45) is 5.92 Å². The zero-order valence-electron chi connectivity index (χ0n) is 15.1. The van der Waals surface area contributed by atoms with Crippen LogP contribution in [0.25, 0.3) is 0 Å². The average molecular weight is 462 g/mol. The van der Waals surface area contributed by atoms with Crippen molar-refractivity contribution >= 4 is 0 Å². The third-order valence-corrected chi connectivity index (χ3v) is 4.08. The van der Waals surface area contributed by atoms with E-state index >= 15 is 0 Å². The van der Waals surface area contributed by atoms with Crippen LogP contribution in [0.2, 0.25) is 0 Å². The van der Waals surface area contributed by atoms with Crippen molar-refractivity contribution in [2.45, 2.75) is 30.7 Å². The fraction of sp³-hybridized carbons (Fsp3) is 0.412. The minimum atomic E-state index is -5.22. The summed E-state index contributed by atoms with van der Waals surface area (Å²) in [6.45, 7) is 0. The molecule has 170 valence electrons. The molecule has 0 saturated carbocycles. The van der Waals surface area contributed by atoms with E-state index in [0.717, 1.165) is 7.11 Å². The molecule has 1 aromatic heterocycles. The van der Waals surface area contributed by atoms with E-state index in [2.05, 4.69) is 9.40 Å². The van der Waals surface area contributed by atoms with Gasteiger partial charge in [0.2, 0.25) is 5.89 Å². The molecule has 5 nitrogen and oxygen atoms in total. The number of aromatic nitrogens is 1. The number of oxazole rings is 1. The molecule has 0 saturated heterocycles. The summed E-state index contributed by atoms with van der Waals surface area (Å²) in [4.78, 5) is 3.07. The van der Waals surface area contributed by atoms with Crippen LogP contribution in [0.15, 0.2) is 28.9 Å². The number of ether oxygens (including phenoxy) is 1. The van der Waals surface area contributed by atoms with Gasteiger partial charge in [-0.2, -0.15) is 44.8 Å². The zero-order valence-corrected chi connectivity index (χ0v) is 15.1. The molecule has 0 bridgehead atoms. The van der Waals surface area contributed by atoms with E-state index in [1.807, 2.05) is 0 Å². The Labute approximate surface area is 167 Å². The van der Waals surface area contributed by atoms with E-state index in [9.17, 15) is 49.9 Å². The number of rotatable bonds is 5. The number of nitriles is 1. The molecule has 0 aliphatic heterocycles. The predicted octanol–water partition coefficient (Wildman–Crippen LogP) is 5.29. The quantitative estimate of drug-likeness (QED) is 0.611. The smallest absolute Gasteiger partial charge is 0.436 e. The van der Waals surface area contributed by atoms with Gasteiger partial charge in [0.1, 0.15) is 12.2 Å². The molecule has 0 fully saturated rings. The fourth-order valence-electron chi connectivity index (χ4n) is 2.61. The van der Waals surface area contributed by atoms with Gasteiger partial charge in [-0.3, -0.25) is 0 Å². The molecule has 0 radical (unpaired) electrons. The number of alkyl halides is 9. The van der Waals surface area contributed by atoms with Gasteiger partial charge in [0.15, 0.2) is 11.8 Å². The number of hydrogen-bond acceptors (Lipinski definition) is 5. The van der Waals surface area contributed by atoms with Crippen molar-refractivity contribution in [3.05, 3.63) is 52.7 Å². The summed E-state index contributed by atoms with van der Waals surface area (Å²) >= 11 is 0. The predicted molar refractivity (Wildman–Crippen MR) is 81.8 cm³/mol. The van der Waals surface area contributed by atoms with Gasteiger partial charge in [-0.05, 0) is 23.8 Å². The van der Waals surface area contributed by atoms with Gasteiger partial charge in [0.25, 0.3) is 0 Å². The highest BCUT2D eigenvalue weighted by atomic mass is 19.4. The Morgan fingerprint density at radius 1 is 0.968 bits per heavy atom. The van der Waals surface area contributed by atoms with Crippen molar-refractivity contribution in [3.8, 4) is 6.07 Å². The number of halogens is 9. The first-order valence-electron chi connectivity index (χ1n) is 8.02. The maximum Gasteiger partial charge on any atom is 0.436 e. The maximum atomic E-state index is 13.0. The van der Waals surface area contributed by atoms with Crippen LogP contribution in [0.5, 0.6) is 0 Å². The Kier molecular flexibility index (Phi) is 6.62. The fourth-order valence-corrected chi connectivity index (χ4v) is 2.61. The summed E-state index contributed by atoms with van der Waals surface area (Å²) in [6.07, 6.45) is -19.4. The Bertz CT molecular complexity index is 925. The molecule has 3 atom stereocenters. The molecule has 31 heavy (non-hydrogen) atoms. The van der Waals surface area contributed by atoms with Crippen LogP contribution >= 0.6 is 0 Å². The molecule has 0 spiro atoms. The van der Waals surface area contributed by atoms with Crippen molar-refractivity contribution in [2.75, 3.05) is 7.11 Å². The second-order valence-electron chi connectivity index (χ2n) is 6.16. The van der Waals surface area contributed by atoms with Gasteiger partial charge in [-0.15, -0.1) is 0 Å². The van der Waals surface area contributed by atoms with Crippen LogP contribution in [0.1, 0.15) is 40.5 Å². The largest absolute Gasteiger partial charge is 0.445 e. The topological polar surface area (TPSA) is 79.3 Å². The van der Waals surface area contributed by atoms with Gasteiger partial charge in [0.05, 0.1) is 23.3 Å². The number of nitrogens with zero attached hydrogens (tertiary/aromatic N) is 2. The summed E-state index contributed by atoms with van der Waals surface area (Å²) in [5.41, 5.74) is -5.98. The summed E-state index contributed by atoms with van der Waals surface area (Å²) in [6, 6.07) is 1.59. The molecule has 0 aliphatic carbocycles. The second-order valence-corrected chi connectivity index (χ2v) is 6.16. The molecule has 1 aromatic carbocycles. The minimum absolute atomic E-state index is 0.175. The normalized spacial score (nSPS) is 15.9. The van der Waals surface area contributed by atoms with Crippen LogP contribution in [0.3, 0.4) is 0 Å². The molecule has 2 rings (SSSR count). The van der Waals surface area contributed by atoms with Gasteiger partial charge >= 0.3 is 18.5 Å². The first-order chi connectivity index (χ1) is 14.1. The van der Waals surface area contributed by atoms with E-state index in [4.69, 9.17) is 4.74 Å². The lowest BCUT2D eigenvalue weighted by Crippen LogP contribution is -2.23. The average Bonchev–Trinajstić information content (AvgIpc) is 3.14. The van der Waals surface area contributed by atoms with E-state index in [-0.39, 0.29) is 24.5 Å². The van der Waals surface area contributed by atoms with Crippen molar-refractivity contribution < 1.29 is 53.8 Å². The van der Waals surface area contributed by atoms with Crippen LogP contribution in [-0.4, -0.2) is 17.2 Å². The molecule has 14 heteroatoms. The van der Waals surface area contributed by atoms with Gasteiger partial charge < -0.3 is 14.3 Å². The second kappa shape index (κ2) is 8.39. The monoisotopic (exact) mass is 462 g/mol. The molecular formula is C17H11F9N2O3. The molecule has 2 aromatic rings. The number of aliphatic hydroxyl groups is 1. The van der Waals surface area contributed by atoms with Gasteiger partial charge in [-0.25, -0.2) is 4.98 Å². The highest BCUT2D eigenvalue weighted by molar-refractivity contribution is 5.35. The molecule has 1 N–H and O–H groups in total. The minimum Gasteiger partial charge on any atom is -0.445 e. The Hall–Kier alpha value is -2.79. The van der Waals surface area contributed by atoms with Crippen LogP contribution in [0.4, 0.5) is 39.5 Å². The van der Waals surface area contributed by atoms with Gasteiger partial charge in [0, 0.05) is 7.11 Å². The lowest BCUT2D eigenvalue weighted by atomic mass is 9.89. The number of hydrogen-bond donors (Lipinski definition) is 1. The lowest BCUT2D eigenvalue weighted by Gasteiger charge is -2.24. The lowest BCUT2D eigenvalue weighted by molar-refractivity contribution is -0.143. The van der Waals surface area contributed by atoms with Crippen molar-refractivity contribution in [3.63, 3.8) is 0 Å². The highest BCUT2D eigenvalue weighted by Crippen LogP contribution is 2.41. The number of benzene rings is 1. The maximum absolute atomic E-state index is 13.0. The Morgan fingerprint density at radius 2 is 1.48 bits per heavy atom. The Balaban J connectivity index is 2.52. The van der Waals surface area contributed by atoms with E-state index in [1.165, 1.54) is 6.07 Å². The molecular weight excluding hydrogens is 451 g/mol. The number of methoxy groups -OCH3 is 1. The highest BCUT2D eigenvalue weighted by Gasteiger charge is 2.41. The van der Waals surface area contributed by atoms with Crippen LogP contribution < -0.4 is 0 Å². The first kappa shape index (κ1) is 24.5. The standard InChI is InChI=1S/C17H11F9N2O3/c1-30-13(14-28-11(6-31-14)17(24,25)26)10(5-27)12(29)7-2-8(15(18,19)20)4-9(3-7)16(21,22)23/h2-4,6,10,12-13,29H,1H3. The summed E-state index contributed by atoms with van der Waals surface area (Å²) in [5.74, 6) is -2.84. The molecule has 0 amide bonds.